The molecule has 4 atom stereocenters. The highest BCUT2D eigenvalue weighted by Crippen LogP contribution is 2.55. The Hall–Kier alpha value is -3.75. The van der Waals surface area contributed by atoms with Gasteiger partial charge >= 0.3 is 6.03 Å². The smallest absolute Gasteiger partial charge is 0.319 e. The summed E-state index contributed by atoms with van der Waals surface area (Å²) in [6, 6.07) is 31.2. The number of amides is 2. The van der Waals surface area contributed by atoms with E-state index in [-0.39, 0.29) is 36.4 Å². The Kier molecular flexibility index (Phi) is 8.95. The minimum Gasteiger partial charge on any atom is -0.392 e. The number of aliphatic hydroxyl groups is 1. The Morgan fingerprint density at radius 3 is 2.16 bits per heavy atom. The summed E-state index contributed by atoms with van der Waals surface area (Å²) < 4.78 is 13.3. The van der Waals surface area contributed by atoms with Gasteiger partial charge in [-0.2, -0.15) is 0 Å². The topological polar surface area (TPSA) is 83.1 Å². The molecule has 7 nitrogen and oxygen atoms in total. The van der Waals surface area contributed by atoms with Crippen LogP contribution in [-0.2, 0) is 16.1 Å². The van der Waals surface area contributed by atoms with Crippen molar-refractivity contribution in [3.8, 4) is 0 Å². The first-order valence-electron chi connectivity index (χ1n) is 18.2. The summed E-state index contributed by atoms with van der Waals surface area (Å²) in [6.07, 6.45) is 7.37. The minimum atomic E-state index is -0.555. The molecule has 9 rings (SSSR count). The third-order valence-corrected chi connectivity index (χ3v) is 11.9. The second-order valence-electron chi connectivity index (χ2n) is 15.5. The number of rotatable bonds is 9. The molecule has 0 radical (unpaired) electrons. The van der Waals surface area contributed by atoms with E-state index in [4.69, 9.17) is 9.47 Å². The summed E-state index contributed by atoms with van der Waals surface area (Å²) in [5, 5.41) is 18.6. The van der Waals surface area contributed by atoms with Crippen molar-refractivity contribution in [3.05, 3.63) is 113 Å². The van der Waals surface area contributed by atoms with Crippen LogP contribution >= 0.6 is 0 Å². The minimum absolute atomic E-state index is 0.0125. The number of hydrogen-bond donors (Lipinski definition) is 3. The van der Waals surface area contributed by atoms with Crippen LogP contribution in [0.5, 0.6) is 0 Å². The number of aliphatic hydroxyl groups excluding tert-OH is 1. The fraction of sp³-hybridized carbons (Fsp3) is 0.452. The van der Waals surface area contributed by atoms with Gasteiger partial charge in [-0.3, -0.25) is 4.90 Å². The van der Waals surface area contributed by atoms with E-state index >= 15 is 0 Å². The van der Waals surface area contributed by atoms with Gasteiger partial charge in [-0.05, 0) is 116 Å². The van der Waals surface area contributed by atoms with Gasteiger partial charge in [-0.1, -0.05) is 72.8 Å². The van der Waals surface area contributed by atoms with Crippen LogP contribution in [0.1, 0.15) is 92.6 Å². The zero-order valence-corrected chi connectivity index (χ0v) is 28.7. The molecule has 1 saturated heterocycles. The van der Waals surface area contributed by atoms with E-state index in [1.54, 1.807) is 0 Å². The lowest BCUT2D eigenvalue weighted by atomic mass is 9.53. The van der Waals surface area contributed by atoms with Gasteiger partial charge in [0.2, 0.25) is 0 Å². The second kappa shape index (κ2) is 13.5. The third-order valence-electron chi connectivity index (χ3n) is 11.9. The van der Waals surface area contributed by atoms with E-state index in [2.05, 4.69) is 72.0 Å². The Balaban J connectivity index is 0.955. The Morgan fingerprint density at radius 2 is 1.49 bits per heavy atom. The Morgan fingerprint density at radius 1 is 0.837 bits per heavy atom. The maximum atomic E-state index is 13.2. The maximum absolute atomic E-state index is 13.2. The quantitative estimate of drug-likeness (QED) is 0.168. The Bertz CT molecular complexity index is 1740. The average molecular weight is 660 g/mol. The van der Waals surface area contributed by atoms with Crippen LogP contribution in [-0.4, -0.2) is 41.3 Å². The molecular weight excluding hydrogens is 610 g/mol. The first kappa shape index (κ1) is 32.5. The molecule has 3 N–H and O–H groups in total. The van der Waals surface area contributed by atoms with Gasteiger partial charge in [0.1, 0.15) is 0 Å². The first-order valence-corrected chi connectivity index (χ1v) is 18.2. The molecule has 0 aromatic heterocycles. The summed E-state index contributed by atoms with van der Waals surface area (Å²) >= 11 is 0. The normalized spacial score (nSPS) is 29.6. The summed E-state index contributed by atoms with van der Waals surface area (Å²) in [5.41, 5.74) is 4.87. The van der Waals surface area contributed by atoms with Crippen LogP contribution in [0, 0.1) is 17.8 Å². The number of anilines is 1. The van der Waals surface area contributed by atoms with E-state index in [1.807, 2.05) is 48.5 Å². The highest BCUT2D eigenvalue weighted by molar-refractivity contribution is 5.89. The van der Waals surface area contributed by atoms with Crippen LogP contribution in [0.15, 0.2) is 91.0 Å². The van der Waals surface area contributed by atoms with Crippen molar-refractivity contribution in [3.63, 3.8) is 0 Å². The van der Waals surface area contributed by atoms with Gasteiger partial charge in [0.25, 0.3) is 0 Å². The first-order chi connectivity index (χ1) is 23.8. The van der Waals surface area contributed by atoms with Crippen molar-refractivity contribution in [2.75, 3.05) is 18.9 Å². The van der Waals surface area contributed by atoms with Gasteiger partial charge in [0.05, 0.1) is 18.8 Å². The Labute approximate surface area is 290 Å². The molecule has 2 amide bonds. The molecular formula is C42H49N3O4. The predicted molar refractivity (Wildman–Crippen MR) is 193 cm³/mol. The zero-order valence-electron chi connectivity index (χ0n) is 28.7. The van der Waals surface area contributed by atoms with Gasteiger partial charge in [0, 0.05) is 35.8 Å². The predicted octanol–water partition coefficient (Wildman–Crippen LogP) is 8.66. The molecule has 4 aromatic carbocycles. The molecule has 0 spiro atoms. The monoisotopic (exact) mass is 659 g/mol. The summed E-state index contributed by atoms with van der Waals surface area (Å²) in [5.74, 6) is 2.34. The number of benzene rings is 4. The molecule has 1 aliphatic heterocycles. The summed E-state index contributed by atoms with van der Waals surface area (Å²) in [7, 11) is 2.16. The SMILES string of the molecule is C[C@H](c1ccc2ccccc2c1)N(C)C[C@@H]1C[C@H](c2ccc(CO)cc2)O[C@H](c2ccc(NC(=O)NC34CC5CC(CC(C5)C3)C4)cc2)O1. The molecule has 0 unspecified atom stereocenters. The van der Waals surface area contributed by atoms with Crippen LogP contribution in [0.2, 0.25) is 0 Å². The molecule has 7 heteroatoms. The van der Waals surface area contributed by atoms with E-state index in [0.717, 1.165) is 65.9 Å². The van der Waals surface area contributed by atoms with E-state index < -0.39 is 6.29 Å². The van der Waals surface area contributed by atoms with Gasteiger partial charge in [0.15, 0.2) is 6.29 Å². The zero-order chi connectivity index (χ0) is 33.5. The average Bonchev–Trinajstić information content (AvgIpc) is 3.10. The number of fused-ring (bicyclic) bond motifs is 1. The summed E-state index contributed by atoms with van der Waals surface area (Å²) in [4.78, 5) is 15.6. The molecule has 4 bridgehead atoms. The number of carbonyl (C=O) groups excluding carboxylic acids is 1. The van der Waals surface area contributed by atoms with Crippen molar-refractivity contribution >= 4 is 22.5 Å². The number of nitrogens with one attached hydrogen (secondary N) is 2. The number of carbonyl (C=O) groups is 1. The van der Waals surface area contributed by atoms with Crippen molar-refractivity contribution in [1.82, 2.24) is 10.2 Å². The van der Waals surface area contributed by atoms with E-state index in [1.165, 1.54) is 35.6 Å². The highest BCUT2D eigenvalue weighted by atomic mass is 16.7. The van der Waals surface area contributed by atoms with Crippen LogP contribution in [0.4, 0.5) is 10.5 Å². The molecule has 5 fully saturated rings. The number of ether oxygens (including phenoxy) is 2. The molecule has 4 aromatic rings. The summed E-state index contributed by atoms with van der Waals surface area (Å²) in [6.45, 7) is 3.00. The molecule has 1 heterocycles. The number of urea groups is 1. The fourth-order valence-electron chi connectivity index (χ4n) is 9.62. The van der Waals surface area contributed by atoms with Crippen molar-refractivity contribution in [1.29, 1.82) is 0 Å². The van der Waals surface area contributed by atoms with Gasteiger partial charge < -0.3 is 25.2 Å². The third kappa shape index (κ3) is 7.00. The van der Waals surface area contributed by atoms with Crippen LogP contribution in [0.25, 0.3) is 10.8 Å². The van der Waals surface area contributed by atoms with Gasteiger partial charge in [-0.25, -0.2) is 4.79 Å². The van der Waals surface area contributed by atoms with Crippen molar-refractivity contribution < 1.29 is 19.4 Å². The molecule has 4 saturated carbocycles. The lowest BCUT2D eigenvalue weighted by molar-refractivity contribution is -0.253. The standard InChI is InChI=1S/C42H49N3O4/c1-27(35-12-11-32-5-3-4-6-36(32)20-35)45(2)25-38-21-39(33-9-7-28(26-46)8-10-33)49-40(48-38)34-13-15-37(16-14-34)43-41(47)44-42-22-29-17-30(23-42)19-31(18-29)24-42/h3-16,20,27,29-31,38-40,46H,17-19,21-26H2,1-2H3,(H2,43,44,47)/t27-,29?,30?,31?,38+,39-,40-,42?/m1/s1. The molecule has 256 valence electrons. The molecule has 5 aliphatic rings. The number of hydrogen-bond acceptors (Lipinski definition) is 5. The molecule has 49 heavy (non-hydrogen) atoms. The fourth-order valence-corrected chi connectivity index (χ4v) is 9.62. The van der Waals surface area contributed by atoms with Crippen LogP contribution in [0.3, 0.4) is 0 Å². The van der Waals surface area contributed by atoms with Gasteiger partial charge in [-0.15, -0.1) is 0 Å². The van der Waals surface area contributed by atoms with Crippen molar-refractivity contribution in [2.45, 2.75) is 88.6 Å². The van der Waals surface area contributed by atoms with Crippen molar-refractivity contribution in [2.24, 2.45) is 17.8 Å². The van der Waals surface area contributed by atoms with E-state index in [0.29, 0.717) is 6.42 Å². The maximum Gasteiger partial charge on any atom is 0.319 e. The number of likely N-dealkylation sites (N-methyl/N-ethyl adjacent to an activating group) is 1. The molecule has 4 aliphatic carbocycles. The second-order valence-corrected chi connectivity index (χ2v) is 15.5. The lowest BCUT2D eigenvalue weighted by Crippen LogP contribution is -2.60. The lowest BCUT2D eigenvalue weighted by Gasteiger charge is -2.56. The van der Waals surface area contributed by atoms with Crippen LogP contribution < -0.4 is 10.6 Å². The van der Waals surface area contributed by atoms with E-state index in [9.17, 15) is 9.90 Å². The highest BCUT2D eigenvalue weighted by Gasteiger charge is 2.51. The number of nitrogens with zero attached hydrogens (tertiary/aromatic N) is 1. The largest absolute Gasteiger partial charge is 0.392 e.